The van der Waals surface area contributed by atoms with Crippen LogP contribution >= 0.6 is 23.2 Å². The van der Waals surface area contributed by atoms with Gasteiger partial charge in [0.1, 0.15) is 5.60 Å². The number of nitrogens with one attached hydrogen (secondary N) is 1. The highest BCUT2D eigenvalue weighted by Crippen LogP contribution is 2.32. The number of carbonyl (C=O) groups excluding carboxylic acids is 1. The fraction of sp³-hybridized carbons (Fsp3) is 0.364. The number of rotatable bonds is 2. The minimum atomic E-state index is -1.33. The number of hydrogen-bond acceptors (Lipinski definition) is 4. The third-order valence-electron chi connectivity index (χ3n) is 1.80. The Labute approximate surface area is 119 Å². The molecule has 0 aromatic carbocycles. The molecule has 0 spiro atoms. The zero-order chi connectivity index (χ0) is 14.8. The molecular formula is C11H12Cl2N2O4. The second-order valence-electron chi connectivity index (χ2n) is 4.58. The number of halogens is 2. The van der Waals surface area contributed by atoms with Crippen LogP contribution in [0.2, 0.25) is 10.0 Å². The Hall–Kier alpha value is -1.53. The van der Waals surface area contributed by atoms with Gasteiger partial charge in [-0.15, -0.1) is 0 Å². The van der Waals surface area contributed by atoms with Crippen LogP contribution in [-0.4, -0.2) is 27.8 Å². The largest absolute Gasteiger partial charge is 0.476 e. The summed E-state index contributed by atoms with van der Waals surface area (Å²) in [4.78, 5) is 26.0. The standard InChI is InChI=1S/C11H12Cl2N2O4/c1-11(2,3)19-10(18)15-7-5(12)4-14-8(6(7)13)9(16)17/h4H,1-3H3,(H,16,17)(H,14,15,18). The fourth-order valence-electron chi connectivity index (χ4n) is 1.14. The first kappa shape index (κ1) is 15.5. The van der Waals surface area contributed by atoms with Crippen molar-refractivity contribution in [1.29, 1.82) is 0 Å². The molecule has 6 nitrogen and oxygen atoms in total. The Balaban J connectivity index is 3.04. The molecule has 0 bridgehead atoms. The first-order chi connectivity index (χ1) is 8.61. The van der Waals surface area contributed by atoms with E-state index in [1.807, 2.05) is 0 Å². The van der Waals surface area contributed by atoms with E-state index in [1.165, 1.54) is 0 Å². The van der Waals surface area contributed by atoms with Crippen molar-refractivity contribution in [2.75, 3.05) is 5.32 Å². The van der Waals surface area contributed by atoms with E-state index in [0.717, 1.165) is 6.20 Å². The monoisotopic (exact) mass is 306 g/mol. The van der Waals surface area contributed by atoms with E-state index in [0.29, 0.717) is 0 Å². The summed E-state index contributed by atoms with van der Waals surface area (Å²) in [6, 6.07) is 0. The van der Waals surface area contributed by atoms with Gasteiger partial charge in [0.15, 0.2) is 5.69 Å². The predicted molar refractivity (Wildman–Crippen MR) is 71.1 cm³/mol. The lowest BCUT2D eigenvalue weighted by Gasteiger charge is -2.20. The number of amides is 1. The van der Waals surface area contributed by atoms with Gasteiger partial charge < -0.3 is 9.84 Å². The van der Waals surface area contributed by atoms with Crippen molar-refractivity contribution in [2.45, 2.75) is 26.4 Å². The van der Waals surface area contributed by atoms with E-state index in [-0.39, 0.29) is 15.7 Å². The molecule has 1 aromatic rings. The second kappa shape index (κ2) is 5.63. The third kappa shape index (κ3) is 4.25. The minimum Gasteiger partial charge on any atom is -0.476 e. The molecule has 1 heterocycles. The van der Waals surface area contributed by atoms with Gasteiger partial charge in [-0.05, 0) is 20.8 Å². The van der Waals surface area contributed by atoms with Crippen LogP contribution in [0.3, 0.4) is 0 Å². The smallest absolute Gasteiger partial charge is 0.412 e. The number of nitrogens with zero attached hydrogens (tertiary/aromatic N) is 1. The molecule has 1 aromatic heterocycles. The van der Waals surface area contributed by atoms with Crippen LogP contribution in [0.4, 0.5) is 10.5 Å². The zero-order valence-electron chi connectivity index (χ0n) is 10.5. The molecule has 0 aliphatic rings. The van der Waals surface area contributed by atoms with E-state index in [2.05, 4.69) is 10.3 Å². The number of carboxylic acid groups (broad SMARTS) is 1. The summed E-state index contributed by atoms with van der Waals surface area (Å²) in [5, 5.41) is 10.9. The van der Waals surface area contributed by atoms with Crippen molar-refractivity contribution >= 4 is 41.0 Å². The third-order valence-corrected chi connectivity index (χ3v) is 2.46. The first-order valence-corrected chi connectivity index (χ1v) is 5.94. The second-order valence-corrected chi connectivity index (χ2v) is 5.36. The molecule has 19 heavy (non-hydrogen) atoms. The van der Waals surface area contributed by atoms with E-state index >= 15 is 0 Å². The van der Waals surface area contributed by atoms with Gasteiger partial charge in [-0.1, -0.05) is 23.2 Å². The van der Waals surface area contributed by atoms with Crippen molar-refractivity contribution in [1.82, 2.24) is 4.98 Å². The lowest BCUT2D eigenvalue weighted by atomic mass is 10.2. The maximum atomic E-state index is 11.6. The first-order valence-electron chi connectivity index (χ1n) is 5.19. The number of aromatic carboxylic acids is 1. The molecule has 0 unspecified atom stereocenters. The predicted octanol–water partition coefficient (Wildman–Crippen LogP) is 3.43. The molecular weight excluding hydrogens is 295 g/mol. The van der Waals surface area contributed by atoms with E-state index in [1.54, 1.807) is 20.8 Å². The SMILES string of the molecule is CC(C)(C)OC(=O)Nc1c(Cl)cnc(C(=O)O)c1Cl. The topological polar surface area (TPSA) is 88.5 Å². The van der Waals surface area contributed by atoms with Gasteiger partial charge in [0.05, 0.1) is 15.7 Å². The number of hydrogen-bond donors (Lipinski definition) is 2. The van der Waals surface area contributed by atoms with E-state index in [4.69, 9.17) is 33.0 Å². The van der Waals surface area contributed by atoms with Gasteiger partial charge >= 0.3 is 12.1 Å². The number of pyridine rings is 1. The lowest BCUT2D eigenvalue weighted by molar-refractivity contribution is 0.0632. The van der Waals surface area contributed by atoms with Crippen molar-refractivity contribution in [2.24, 2.45) is 0 Å². The molecule has 0 atom stereocenters. The number of anilines is 1. The zero-order valence-corrected chi connectivity index (χ0v) is 12.0. The Morgan fingerprint density at radius 2 is 1.95 bits per heavy atom. The van der Waals surface area contributed by atoms with Crippen LogP contribution in [-0.2, 0) is 4.74 Å². The molecule has 0 radical (unpaired) electrons. The van der Waals surface area contributed by atoms with Crippen molar-refractivity contribution < 1.29 is 19.4 Å². The Bertz CT molecular complexity index is 526. The van der Waals surface area contributed by atoms with Crippen molar-refractivity contribution in [3.8, 4) is 0 Å². The Morgan fingerprint density at radius 1 is 1.37 bits per heavy atom. The number of aromatic nitrogens is 1. The summed E-state index contributed by atoms with van der Waals surface area (Å²) in [6.45, 7) is 5.06. The number of carbonyl (C=O) groups is 2. The minimum absolute atomic E-state index is 0.0147. The molecule has 0 saturated heterocycles. The molecule has 104 valence electrons. The van der Waals surface area contributed by atoms with Gasteiger partial charge in [-0.3, -0.25) is 5.32 Å². The fourth-order valence-corrected chi connectivity index (χ4v) is 1.65. The molecule has 1 amide bonds. The summed E-state index contributed by atoms with van der Waals surface area (Å²) in [5.74, 6) is -1.33. The average Bonchev–Trinajstić information content (AvgIpc) is 2.21. The van der Waals surface area contributed by atoms with Gasteiger partial charge in [0, 0.05) is 6.20 Å². The molecule has 0 fully saturated rings. The molecule has 2 N–H and O–H groups in total. The molecule has 1 rings (SSSR count). The summed E-state index contributed by atoms with van der Waals surface area (Å²) in [7, 11) is 0. The highest BCUT2D eigenvalue weighted by atomic mass is 35.5. The Kier molecular flexibility index (Phi) is 4.60. The van der Waals surface area contributed by atoms with E-state index < -0.39 is 23.4 Å². The van der Waals surface area contributed by atoms with Crippen LogP contribution in [0.5, 0.6) is 0 Å². The highest BCUT2D eigenvalue weighted by Gasteiger charge is 2.21. The highest BCUT2D eigenvalue weighted by molar-refractivity contribution is 6.41. The normalized spacial score (nSPS) is 11.0. The summed E-state index contributed by atoms with van der Waals surface area (Å²) >= 11 is 11.6. The van der Waals surface area contributed by atoms with Gasteiger partial charge in [0.2, 0.25) is 0 Å². The van der Waals surface area contributed by atoms with E-state index in [9.17, 15) is 9.59 Å². The van der Waals surface area contributed by atoms with Crippen molar-refractivity contribution in [3.05, 3.63) is 21.9 Å². The van der Waals surface area contributed by atoms with Gasteiger partial charge in [0.25, 0.3) is 0 Å². The lowest BCUT2D eigenvalue weighted by Crippen LogP contribution is -2.27. The van der Waals surface area contributed by atoms with Gasteiger partial charge in [-0.2, -0.15) is 0 Å². The molecule has 8 heteroatoms. The van der Waals surface area contributed by atoms with Crippen LogP contribution in [0.25, 0.3) is 0 Å². The van der Waals surface area contributed by atoms with Crippen LogP contribution in [0.15, 0.2) is 6.20 Å². The van der Waals surface area contributed by atoms with Crippen LogP contribution in [0.1, 0.15) is 31.3 Å². The average molecular weight is 307 g/mol. The van der Waals surface area contributed by atoms with Crippen LogP contribution in [0, 0.1) is 0 Å². The van der Waals surface area contributed by atoms with Crippen molar-refractivity contribution in [3.63, 3.8) is 0 Å². The molecule has 0 aliphatic carbocycles. The molecule has 0 aliphatic heterocycles. The summed E-state index contributed by atoms with van der Waals surface area (Å²) < 4.78 is 5.02. The summed E-state index contributed by atoms with van der Waals surface area (Å²) in [5.41, 5.74) is -1.16. The molecule has 0 saturated carbocycles. The van der Waals surface area contributed by atoms with Crippen LogP contribution < -0.4 is 5.32 Å². The number of ether oxygens (including phenoxy) is 1. The number of carboxylic acids is 1. The maximum Gasteiger partial charge on any atom is 0.412 e. The maximum absolute atomic E-state index is 11.6. The summed E-state index contributed by atoms with van der Waals surface area (Å²) in [6.07, 6.45) is 0.294. The Morgan fingerprint density at radius 3 is 2.42 bits per heavy atom. The quantitative estimate of drug-likeness (QED) is 0.873. The van der Waals surface area contributed by atoms with Gasteiger partial charge in [-0.25, -0.2) is 14.6 Å².